The molecule has 0 saturated heterocycles. The third-order valence-corrected chi connectivity index (χ3v) is 3.58. The molecule has 2 aromatic carbocycles. The highest BCUT2D eigenvalue weighted by molar-refractivity contribution is 6.05. The largest absolute Gasteiger partial charge is 0.495 e. The summed E-state index contributed by atoms with van der Waals surface area (Å²) in [7, 11) is 1.51. The predicted molar refractivity (Wildman–Crippen MR) is 96.6 cm³/mol. The predicted octanol–water partition coefficient (Wildman–Crippen LogP) is 2.49. The van der Waals surface area contributed by atoms with Crippen molar-refractivity contribution in [3.63, 3.8) is 0 Å². The molecule has 1 aromatic heterocycles. The lowest BCUT2D eigenvalue weighted by Gasteiger charge is -2.12. The number of hydrogen-bond donors (Lipinski definition) is 2. The maximum Gasteiger partial charge on any atom is 0.255 e. The number of methoxy groups -OCH3 is 1. The minimum atomic E-state index is -0.298. The zero-order valence-corrected chi connectivity index (χ0v) is 14.3. The minimum absolute atomic E-state index is 0.198. The first-order valence-electron chi connectivity index (χ1n) is 7.79. The van der Waals surface area contributed by atoms with E-state index < -0.39 is 0 Å². The van der Waals surface area contributed by atoms with E-state index in [-0.39, 0.29) is 11.8 Å². The number of nitrogens with zero attached hydrogens (tertiary/aromatic N) is 3. The van der Waals surface area contributed by atoms with E-state index in [0.29, 0.717) is 22.7 Å². The van der Waals surface area contributed by atoms with Gasteiger partial charge in [0.25, 0.3) is 5.91 Å². The Morgan fingerprint density at radius 2 is 1.85 bits per heavy atom. The van der Waals surface area contributed by atoms with E-state index in [1.807, 2.05) is 0 Å². The third kappa shape index (κ3) is 3.86. The van der Waals surface area contributed by atoms with Gasteiger partial charge in [-0.2, -0.15) is 5.10 Å². The molecule has 0 spiro atoms. The number of nitrogens with one attached hydrogen (secondary N) is 2. The molecule has 0 unspecified atom stereocenters. The standard InChI is InChI=1S/C18H17N5O3/c1-12(24)21-14-5-8-17(26-2)16(9-14)22-18(25)13-3-6-15(7-4-13)23-11-19-10-20-23/h3-11H,1-2H3,(H,21,24)(H,22,25). The van der Waals surface area contributed by atoms with Crippen LogP contribution in [0.4, 0.5) is 11.4 Å². The Morgan fingerprint density at radius 1 is 1.08 bits per heavy atom. The number of anilines is 2. The number of aromatic nitrogens is 3. The summed E-state index contributed by atoms with van der Waals surface area (Å²) >= 11 is 0. The first-order valence-corrected chi connectivity index (χ1v) is 7.79. The molecule has 3 rings (SSSR count). The maximum absolute atomic E-state index is 12.5. The molecule has 0 aliphatic carbocycles. The smallest absolute Gasteiger partial charge is 0.255 e. The molecule has 2 N–H and O–H groups in total. The molecule has 3 aromatic rings. The van der Waals surface area contributed by atoms with Gasteiger partial charge in [-0.3, -0.25) is 9.59 Å². The number of hydrogen-bond acceptors (Lipinski definition) is 5. The molecule has 0 aliphatic heterocycles. The minimum Gasteiger partial charge on any atom is -0.495 e. The van der Waals surface area contributed by atoms with Gasteiger partial charge >= 0.3 is 0 Å². The van der Waals surface area contributed by atoms with Crippen LogP contribution in [0.2, 0.25) is 0 Å². The number of ether oxygens (including phenoxy) is 1. The first-order chi connectivity index (χ1) is 12.6. The molecule has 0 bridgehead atoms. The fourth-order valence-corrected chi connectivity index (χ4v) is 2.39. The Balaban J connectivity index is 1.79. The molecule has 26 heavy (non-hydrogen) atoms. The molecule has 0 saturated carbocycles. The lowest BCUT2D eigenvalue weighted by atomic mass is 10.2. The highest BCUT2D eigenvalue weighted by Gasteiger charge is 2.11. The normalized spacial score (nSPS) is 10.2. The van der Waals surface area contributed by atoms with Crippen LogP contribution < -0.4 is 15.4 Å². The summed E-state index contributed by atoms with van der Waals surface area (Å²) in [4.78, 5) is 27.6. The van der Waals surface area contributed by atoms with Gasteiger partial charge in [0.2, 0.25) is 5.91 Å². The average Bonchev–Trinajstić information content (AvgIpc) is 3.16. The van der Waals surface area contributed by atoms with Crippen LogP contribution >= 0.6 is 0 Å². The van der Waals surface area contributed by atoms with Crippen molar-refractivity contribution in [2.24, 2.45) is 0 Å². The highest BCUT2D eigenvalue weighted by Crippen LogP contribution is 2.28. The summed E-state index contributed by atoms with van der Waals surface area (Å²) in [5.74, 6) is -0.00348. The van der Waals surface area contributed by atoms with Gasteiger partial charge in [-0.25, -0.2) is 9.67 Å². The number of carbonyl (C=O) groups is 2. The van der Waals surface area contributed by atoms with Crippen LogP contribution in [0.5, 0.6) is 5.75 Å². The van der Waals surface area contributed by atoms with Crippen LogP contribution in [0.1, 0.15) is 17.3 Å². The molecule has 132 valence electrons. The van der Waals surface area contributed by atoms with Crippen molar-refractivity contribution in [3.8, 4) is 11.4 Å². The molecule has 2 amide bonds. The second kappa shape index (κ2) is 7.47. The monoisotopic (exact) mass is 351 g/mol. The second-order valence-electron chi connectivity index (χ2n) is 5.44. The number of benzene rings is 2. The fourth-order valence-electron chi connectivity index (χ4n) is 2.39. The van der Waals surface area contributed by atoms with Crippen LogP contribution in [0.3, 0.4) is 0 Å². The molecule has 0 fully saturated rings. The van der Waals surface area contributed by atoms with Crippen molar-refractivity contribution in [3.05, 3.63) is 60.7 Å². The van der Waals surface area contributed by atoms with Crippen molar-refractivity contribution in [2.75, 3.05) is 17.7 Å². The van der Waals surface area contributed by atoms with E-state index in [9.17, 15) is 9.59 Å². The maximum atomic E-state index is 12.5. The van der Waals surface area contributed by atoms with E-state index >= 15 is 0 Å². The molecule has 1 heterocycles. The Labute approximate surface area is 149 Å². The van der Waals surface area contributed by atoms with Crippen molar-refractivity contribution in [1.29, 1.82) is 0 Å². The fraction of sp³-hybridized carbons (Fsp3) is 0.111. The summed E-state index contributed by atoms with van der Waals surface area (Å²) < 4.78 is 6.86. The quantitative estimate of drug-likeness (QED) is 0.736. The molecular weight excluding hydrogens is 334 g/mol. The summed E-state index contributed by atoms with van der Waals surface area (Å²) in [6.45, 7) is 1.42. The Kier molecular flexibility index (Phi) is 4.93. The lowest BCUT2D eigenvalue weighted by molar-refractivity contribution is -0.114. The average molecular weight is 351 g/mol. The van der Waals surface area contributed by atoms with Gasteiger partial charge in [-0.1, -0.05) is 0 Å². The molecule has 8 heteroatoms. The van der Waals surface area contributed by atoms with E-state index in [0.717, 1.165) is 5.69 Å². The summed E-state index contributed by atoms with van der Waals surface area (Å²) in [6.07, 6.45) is 3.02. The SMILES string of the molecule is COc1ccc(NC(C)=O)cc1NC(=O)c1ccc(-n2cncn2)cc1. The summed E-state index contributed by atoms with van der Waals surface area (Å²) in [5, 5.41) is 9.51. The number of carbonyl (C=O) groups excluding carboxylic acids is 2. The van der Waals surface area contributed by atoms with Crippen molar-refractivity contribution in [1.82, 2.24) is 14.8 Å². The molecular formula is C18H17N5O3. The van der Waals surface area contributed by atoms with E-state index in [1.165, 1.54) is 20.4 Å². The molecule has 0 radical (unpaired) electrons. The Morgan fingerprint density at radius 3 is 2.46 bits per heavy atom. The highest BCUT2D eigenvalue weighted by atomic mass is 16.5. The summed E-state index contributed by atoms with van der Waals surface area (Å²) in [6, 6.07) is 11.9. The number of amides is 2. The van der Waals surface area contributed by atoms with Crippen LogP contribution in [0.25, 0.3) is 5.69 Å². The van der Waals surface area contributed by atoms with Crippen LogP contribution in [0.15, 0.2) is 55.1 Å². The Bertz CT molecular complexity index is 921. The lowest BCUT2D eigenvalue weighted by Crippen LogP contribution is -2.13. The van der Waals surface area contributed by atoms with Gasteiger partial charge < -0.3 is 15.4 Å². The summed E-state index contributed by atoms with van der Waals surface area (Å²) in [5.41, 5.74) is 2.30. The van der Waals surface area contributed by atoms with Crippen molar-refractivity contribution in [2.45, 2.75) is 6.92 Å². The van der Waals surface area contributed by atoms with E-state index in [1.54, 1.807) is 53.5 Å². The zero-order valence-electron chi connectivity index (χ0n) is 14.3. The van der Waals surface area contributed by atoms with Gasteiger partial charge in [0, 0.05) is 18.2 Å². The third-order valence-electron chi connectivity index (χ3n) is 3.58. The molecule has 8 nitrogen and oxygen atoms in total. The number of rotatable bonds is 5. The van der Waals surface area contributed by atoms with Gasteiger partial charge in [-0.05, 0) is 42.5 Å². The van der Waals surface area contributed by atoms with Crippen LogP contribution in [-0.2, 0) is 4.79 Å². The van der Waals surface area contributed by atoms with Gasteiger partial charge in [0.05, 0.1) is 18.5 Å². The second-order valence-corrected chi connectivity index (χ2v) is 5.44. The van der Waals surface area contributed by atoms with Crippen LogP contribution in [0, 0.1) is 0 Å². The van der Waals surface area contributed by atoms with Crippen molar-refractivity contribution < 1.29 is 14.3 Å². The first kappa shape index (κ1) is 17.2. The van der Waals surface area contributed by atoms with Crippen molar-refractivity contribution >= 4 is 23.2 Å². The Hall–Kier alpha value is -3.68. The molecule has 0 atom stereocenters. The molecule has 0 aliphatic rings. The van der Waals surface area contributed by atoms with Gasteiger partial charge in [0.15, 0.2) is 0 Å². The van der Waals surface area contributed by atoms with Gasteiger partial charge in [-0.15, -0.1) is 0 Å². The van der Waals surface area contributed by atoms with Crippen LogP contribution in [-0.4, -0.2) is 33.7 Å². The van der Waals surface area contributed by atoms with E-state index in [4.69, 9.17) is 4.74 Å². The van der Waals surface area contributed by atoms with Gasteiger partial charge in [0.1, 0.15) is 18.4 Å². The topological polar surface area (TPSA) is 98.1 Å². The zero-order chi connectivity index (χ0) is 18.5. The van der Waals surface area contributed by atoms with E-state index in [2.05, 4.69) is 20.7 Å².